The summed E-state index contributed by atoms with van der Waals surface area (Å²) in [6, 6.07) is 2.03. The number of aromatic nitrogens is 1. The maximum absolute atomic E-state index is 12.5. The monoisotopic (exact) mass is 387 g/mol. The van der Waals surface area contributed by atoms with Gasteiger partial charge in [0.25, 0.3) is 0 Å². The first-order valence-corrected chi connectivity index (χ1v) is 8.63. The third-order valence-electron chi connectivity index (χ3n) is 4.32. The molecule has 1 aliphatic heterocycles. The summed E-state index contributed by atoms with van der Waals surface area (Å²) < 4.78 is 37.4. The van der Waals surface area contributed by atoms with Gasteiger partial charge in [-0.25, -0.2) is 4.98 Å². The zero-order valence-corrected chi connectivity index (χ0v) is 15.4. The summed E-state index contributed by atoms with van der Waals surface area (Å²) in [5, 5.41) is 2.55. The number of pyridine rings is 1. The Kier molecular flexibility index (Phi) is 7.14. The highest BCUT2D eigenvalue weighted by Crippen LogP contribution is 2.27. The fourth-order valence-electron chi connectivity index (χ4n) is 2.62. The van der Waals surface area contributed by atoms with Crippen LogP contribution < -0.4 is 5.32 Å². The van der Waals surface area contributed by atoms with Gasteiger partial charge in [0, 0.05) is 53.2 Å². The number of anilines is 1. The second-order valence-electron chi connectivity index (χ2n) is 6.63. The first-order chi connectivity index (χ1) is 12.6. The van der Waals surface area contributed by atoms with Gasteiger partial charge >= 0.3 is 6.18 Å². The maximum atomic E-state index is 12.5. The number of hydrogen-bond acceptors (Lipinski definition) is 5. The Hall–Kier alpha value is -2.20. The summed E-state index contributed by atoms with van der Waals surface area (Å²) in [5.74, 6) is -0.213. The Labute approximate surface area is 156 Å². The largest absolute Gasteiger partial charge is 0.433 e. The third-order valence-corrected chi connectivity index (χ3v) is 4.32. The Balaban J connectivity index is 1.70. The molecule has 1 saturated heterocycles. The molecule has 1 aromatic heterocycles. The van der Waals surface area contributed by atoms with Gasteiger partial charge in [0.1, 0.15) is 5.69 Å². The van der Waals surface area contributed by atoms with E-state index in [-0.39, 0.29) is 23.9 Å². The van der Waals surface area contributed by atoms with E-state index in [1.165, 1.54) is 6.07 Å². The fraction of sp³-hybridized carbons (Fsp3) is 0.588. The molecule has 0 saturated carbocycles. The molecule has 0 spiro atoms. The number of alkyl halides is 3. The molecule has 10 heteroatoms. The van der Waals surface area contributed by atoms with Crippen LogP contribution in [-0.2, 0) is 15.8 Å². The van der Waals surface area contributed by atoms with E-state index in [0.29, 0.717) is 13.1 Å². The van der Waals surface area contributed by atoms with Crippen LogP contribution in [-0.4, -0.2) is 84.9 Å². The highest BCUT2D eigenvalue weighted by atomic mass is 19.4. The van der Waals surface area contributed by atoms with Gasteiger partial charge in [-0.05, 0) is 12.1 Å². The fourth-order valence-corrected chi connectivity index (χ4v) is 2.62. The first kappa shape index (κ1) is 21.1. The topological polar surface area (TPSA) is 68.8 Å². The van der Waals surface area contributed by atoms with E-state index >= 15 is 0 Å². The molecule has 0 unspecified atom stereocenters. The van der Waals surface area contributed by atoms with Gasteiger partial charge in [0.05, 0.1) is 18.4 Å². The predicted octanol–water partition coefficient (Wildman–Crippen LogP) is 1.13. The Morgan fingerprint density at radius 2 is 1.78 bits per heavy atom. The van der Waals surface area contributed by atoms with Crippen molar-refractivity contribution in [1.29, 1.82) is 0 Å². The number of carbonyl (C=O) groups excluding carboxylic acids is 2. The first-order valence-electron chi connectivity index (χ1n) is 8.63. The van der Waals surface area contributed by atoms with Crippen LogP contribution in [0.15, 0.2) is 18.3 Å². The number of hydrogen-bond donors (Lipinski definition) is 1. The van der Waals surface area contributed by atoms with Crippen LogP contribution in [0.25, 0.3) is 0 Å². The second-order valence-corrected chi connectivity index (χ2v) is 6.63. The molecule has 1 N–H and O–H groups in total. The molecule has 0 aliphatic carbocycles. The molecule has 0 radical (unpaired) electrons. The van der Waals surface area contributed by atoms with Crippen molar-refractivity contribution >= 4 is 17.5 Å². The summed E-state index contributed by atoms with van der Waals surface area (Å²) in [6.45, 7) is 3.97. The van der Waals surface area contributed by atoms with Gasteiger partial charge < -0.3 is 15.1 Å². The van der Waals surface area contributed by atoms with Crippen LogP contribution in [0.1, 0.15) is 12.1 Å². The number of carbonyl (C=O) groups is 2. The van der Waals surface area contributed by atoms with E-state index in [9.17, 15) is 22.8 Å². The molecule has 0 atom stereocenters. The minimum Gasteiger partial charge on any atom is -0.348 e. The number of halogens is 3. The van der Waals surface area contributed by atoms with Crippen LogP contribution in [0.4, 0.5) is 18.9 Å². The molecular weight excluding hydrogens is 363 g/mol. The number of nitrogens with zero attached hydrogens (tertiary/aromatic N) is 4. The molecule has 2 amide bonds. The van der Waals surface area contributed by atoms with Gasteiger partial charge in [-0.3, -0.25) is 14.5 Å². The minimum atomic E-state index is -4.50. The number of likely N-dealkylation sites (N-methyl/N-ethyl adjacent to an activating group) is 1. The molecule has 0 aromatic carbocycles. The lowest BCUT2D eigenvalue weighted by molar-refractivity contribution is -0.141. The molecule has 1 aromatic rings. The molecule has 27 heavy (non-hydrogen) atoms. The van der Waals surface area contributed by atoms with Gasteiger partial charge in [-0.2, -0.15) is 13.2 Å². The van der Waals surface area contributed by atoms with Crippen molar-refractivity contribution < 1.29 is 22.8 Å². The third kappa shape index (κ3) is 6.79. The van der Waals surface area contributed by atoms with Crippen LogP contribution in [0.5, 0.6) is 0 Å². The van der Waals surface area contributed by atoms with Crippen molar-refractivity contribution in [1.82, 2.24) is 19.7 Å². The van der Waals surface area contributed by atoms with Crippen LogP contribution in [0, 0.1) is 0 Å². The lowest BCUT2D eigenvalue weighted by atomic mass is 10.2. The summed E-state index contributed by atoms with van der Waals surface area (Å²) in [6.07, 6.45) is -3.26. The molecule has 0 bridgehead atoms. The summed E-state index contributed by atoms with van der Waals surface area (Å²) >= 11 is 0. The number of rotatable bonds is 6. The van der Waals surface area contributed by atoms with Crippen molar-refractivity contribution in [3.63, 3.8) is 0 Å². The van der Waals surface area contributed by atoms with Crippen molar-refractivity contribution in [2.24, 2.45) is 0 Å². The highest BCUT2D eigenvalue weighted by molar-refractivity contribution is 5.90. The maximum Gasteiger partial charge on any atom is 0.433 e. The van der Waals surface area contributed by atoms with Gasteiger partial charge in [-0.15, -0.1) is 0 Å². The number of amides is 2. The zero-order valence-electron chi connectivity index (χ0n) is 15.4. The average molecular weight is 387 g/mol. The van der Waals surface area contributed by atoms with E-state index in [2.05, 4.69) is 20.1 Å². The van der Waals surface area contributed by atoms with Crippen LogP contribution in [0.2, 0.25) is 0 Å². The van der Waals surface area contributed by atoms with E-state index in [1.807, 2.05) is 0 Å². The van der Waals surface area contributed by atoms with Crippen LogP contribution in [0.3, 0.4) is 0 Å². The minimum absolute atomic E-state index is 0.0629. The smallest absolute Gasteiger partial charge is 0.348 e. The Morgan fingerprint density at radius 3 is 2.30 bits per heavy atom. The zero-order chi connectivity index (χ0) is 20.0. The highest BCUT2D eigenvalue weighted by Gasteiger charge is 2.32. The lowest BCUT2D eigenvalue weighted by Crippen LogP contribution is -2.49. The van der Waals surface area contributed by atoms with E-state index in [1.54, 1.807) is 19.0 Å². The van der Waals surface area contributed by atoms with Crippen molar-refractivity contribution in [3.8, 4) is 0 Å². The lowest BCUT2D eigenvalue weighted by Gasteiger charge is -2.34. The number of piperazine rings is 1. The molecular formula is C17H24F3N5O2. The van der Waals surface area contributed by atoms with Crippen molar-refractivity contribution in [2.75, 3.05) is 58.7 Å². The van der Waals surface area contributed by atoms with Gasteiger partial charge in [0.2, 0.25) is 11.8 Å². The normalized spacial score (nSPS) is 16.2. The van der Waals surface area contributed by atoms with Crippen molar-refractivity contribution in [2.45, 2.75) is 12.6 Å². The van der Waals surface area contributed by atoms with E-state index < -0.39 is 11.9 Å². The standard InChI is InChI=1S/C17H24F3N5O2/c1-23(2)16(27)12-25-9-7-24(8-10-25)6-5-15(26)22-13-3-4-14(21-11-13)17(18,19)20/h3-4,11H,5-10,12H2,1-2H3,(H,22,26). The van der Waals surface area contributed by atoms with E-state index in [4.69, 9.17) is 0 Å². The number of nitrogens with one attached hydrogen (secondary N) is 1. The molecule has 150 valence electrons. The predicted molar refractivity (Wildman–Crippen MR) is 94.1 cm³/mol. The van der Waals surface area contributed by atoms with Gasteiger partial charge in [-0.1, -0.05) is 0 Å². The summed E-state index contributed by atoms with van der Waals surface area (Å²) in [7, 11) is 3.45. The molecule has 1 aliphatic rings. The molecule has 1 fully saturated rings. The second kappa shape index (κ2) is 9.14. The molecule has 2 rings (SSSR count). The average Bonchev–Trinajstić information content (AvgIpc) is 2.60. The van der Waals surface area contributed by atoms with E-state index in [0.717, 1.165) is 38.4 Å². The SMILES string of the molecule is CN(C)C(=O)CN1CCN(CCC(=O)Nc2ccc(C(F)(F)F)nc2)CC1. The molecule has 2 heterocycles. The summed E-state index contributed by atoms with van der Waals surface area (Å²) in [4.78, 5) is 32.8. The van der Waals surface area contributed by atoms with Crippen LogP contribution >= 0.6 is 0 Å². The molecule has 7 nitrogen and oxygen atoms in total. The van der Waals surface area contributed by atoms with Crippen molar-refractivity contribution in [3.05, 3.63) is 24.0 Å². The Bertz CT molecular complexity index is 641. The Morgan fingerprint density at radius 1 is 1.15 bits per heavy atom. The van der Waals surface area contributed by atoms with Gasteiger partial charge in [0.15, 0.2) is 0 Å². The quantitative estimate of drug-likeness (QED) is 0.793. The summed E-state index contributed by atoms with van der Waals surface area (Å²) in [5.41, 5.74) is -0.758.